The molecule has 0 saturated heterocycles. The third-order valence-electron chi connectivity index (χ3n) is 3.76. The number of urea groups is 1. The lowest BCUT2D eigenvalue weighted by atomic mass is 10.2. The van der Waals surface area contributed by atoms with Gasteiger partial charge in [-0.25, -0.2) is 13.6 Å². The third-order valence-corrected chi connectivity index (χ3v) is 3.76. The van der Waals surface area contributed by atoms with Gasteiger partial charge in [-0.05, 0) is 42.5 Å². The van der Waals surface area contributed by atoms with Gasteiger partial charge in [0.25, 0.3) is 0 Å². The van der Waals surface area contributed by atoms with Crippen LogP contribution in [-0.4, -0.2) is 6.03 Å². The first-order valence-corrected chi connectivity index (χ1v) is 8.28. The standard InChI is InChI=1S/C21H15F2N3O2/c22-16-9-17(23)11-18(10-16)25-21(27)26-20-4-2-1-3-15(20)13-28-19-7-5-14(12-24)6-8-19/h1-11H,13H2,(H2,25,26,27). The van der Waals surface area contributed by atoms with E-state index in [4.69, 9.17) is 10.00 Å². The maximum absolute atomic E-state index is 13.2. The molecule has 0 bridgehead atoms. The van der Waals surface area contributed by atoms with Crippen molar-refractivity contribution in [1.29, 1.82) is 5.26 Å². The predicted octanol–water partition coefficient (Wildman–Crippen LogP) is 5.06. The van der Waals surface area contributed by atoms with E-state index in [1.165, 1.54) is 0 Å². The van der Waals surface area contributed by atoms with Crippen LogP contribution < -0.4 is 15.4 Å². The molecule has 3 aromatic rings. The number of nitrogens with one attached hydrogen (secondary N) is 2. The van der Waals surface area contributed by atoms with E-state index in [1.807, 2.05) is 6.07 Å². The Balaban J connectivity index is 1.65. The quantitative estimate of drug-likeness (QED) is 0.651. The van der Waals surface area contributed by atoms with Crippen LogP contribution in [0.25, 0.3) is 0 Å². The van der Waals surface area contributed by atoms with Crippen molar-refractivity contribution < 1.29 is 18.3 Å². The van der Waals surface area contributed by atoms with Crippen molar-refractivity contribution in [1.82, 2.24) is 0 Å². The second-order valence-electron chi connectivity index (χ2n) is 5.82. The first kappa shape index (κ1) is 18.9. The number of hydrogen-bond donors (Lipinski definition) is 2. The van der Waals surface area contributed by atoms with Gasteiger partial charge in [-0.3, -0.25) is 0 Å². The number of ether oxygens (including phenoxy) is 1. The molecule has 0 radical (unpaired) electrons. The van der Waals surface area contributed by atoms with Crippen molar-refractivity contribution in [2.75, 3.05) is 10.6 Å². The Morgan fingerprint density at radius 1 is 0.964 bits per heavy atom. The summed E-state index contributed by atoms with van der Waals surface area (Å²) in [5, 5.41) is 13.8. The zero-order valence-electron chi connectivity index (χ0n) is 14.6. The number of halogens is 2. The van der Waals surface area contributed by atoms with Gasteiger partial charge >= 0.3 is 6.03 Å². The van der Waals surface area contributed by atoms with Crippen LogP contribution in [0.3, 0.4) is 0 Å². The van der Waals surface area contributed by atoms with E-state index in [0.717, 1.165) is 18.2 Å². The van der Waals surface area contributed by atoms with Crippen molar-refractivity contribution in [2.45, 2.75) is 6.61 Å². The number of hydrogen-bond acceptors (Lipinski definition) is 3. The minimum atomic E-state index is -0.786. The summed E-state index contributed by atoms with van der Waals surface area (Å²) < 4.78 is 32.1. The molecular formula is C21H15F2N3O2. The van der Waals surface area contributed by atoms with Crippen molar-refractivity contribution >= 4 is 17.4 Å². The topological polar surface area (TPSA) is 74.1 Å². The molecule has 0 aromatic heterocycles. The van der Waals surface area contributed by atoms with Gasteiger partial charge in [-0.15, -0.1) is 0 Å². The Labute approximate surface area is 160 Å². The minimum absolute atomic E-state index is 0.00122. The maximum atomic E-state index is 13.2. The summed E-state index contributed by atoms with van der Waals surface area (Å²) in [6, 6.07) is 17.8. The summed E-state index contributed by atoms with van der Waals surface area (Å²) in [6.45, 7) is 0.178. The van der Waals surface area contributed by atoms with Crippen LogP contribution in [0.2, 0.25) is 0 Å². The van der Waals surface area contributed by atoms with Gasteiger partial charge in [-0.1, -0.05) is 18.2 Å². The first-order valence-electron chi connectivity index (χ1n) is 8.28. The van der Waals surface area contributed by atoms with E-state index in [1.54, 1.807) is 48.5 Å². The molecule has 3 rings (SSSR count). The van der Waals surface area contributed by atoms with Crippen LogP contribution in [0, 0.1) is 23.0 Å². The Bertz CT molecular complexity index is 1010. The third kappa shape index (κ3) is 5.05. The number of anilines is 2. The summed E-state index contributed by atoms with van der Waals surface area (Å²) >= 11 is 0. The van der Waals surface area contributed by atoms with Gasteiger partial charge in [-0.2, -0.15) is 5.26 Å². The Kier molecular flexibility index (Phi) is 5.82. The molecule has 5 nitrogen and oxygen atoms in total. The zero-order valence-corrected chi connectivity index (χ0v) is 14.6. The Hall–Kier alpha value is -3.92. The van der Waals surface area contributed by atoms with Gasteiger partial charge in [0.15, 0.2) is 0 Å². The molecule has 0 fully saturated rings. The number of para-hydroxylation sites is 1. The number of nitrogens with zero attached hydrogens (tertiary/aromatic N) is 1. The molecule has 0 unspecified atom stereocenters. The van der Waals surface area contributed by atoms with Crippen LogP contribution in [-0.2, 0) is 6.61 Å². The van der Waals surface area contributed by atoms with E-state index in [0.29, 0.717) is 22.6 Å². The summed E-state index contributed by atoms with van der Waals surface area (Å²) in [4.78, 5) is 12.2. The molecule has 0 aliphatic carbocycles. The van der Waals surface area contributed by atoms with Gasteiger partial charge in [0.2, 0.25) is 0 Å². The summed E-state index contributed by atoms with van der Waals surface area (Å²) in [5.74, 6) is -0.994. The molecule has 7 heteroatoms. The number of benzene rings is 3. The van der Waals surface area contributed by atoms with E-state index in [2.05, 4.69) is 10.6 Å². The lowest BCUT2D eigenvalue weighted by Gasteiger charge is -2.13. The molecule has 2 N–H and O–H groups in total. The molecular weight excluding hydrogens is 364 g/mol. The lowest BCUT2D eigenvalue weighted by molar-refractivity contribution is 0.262. The lowest BCUT2D eigenvalue weighted by Crippen LogP contribution is -2.20. The number of amides is 2. The van der Waals surface area contributed by atoms with Crippen LogP contribution in [0.1, 0.15) is 11.1 Å². The van der Waals surface area contributed by atoms with Crippen molar-refractivity contribution in [3.63, 3.8) is 0 Å². The predicted molar refractivity (Wildman–Crippen MR) is 101 cm³/mol. The van der Waals surface area contributed by atoms with E-state index in [-0.39, 0.29) is 12.3 Å². The molecule has 0 spiro atoms. The van der Waals surface area contributed by atoms with E-state index >= 15 is 0 Å². The largest absolute Gasteiger partial charge is 0.489 e. The summed E-state index contributed by atoms with van der Waals surface area (Å²) in [6.07, 6.45) is 0. The number of carbonyl (C=O) groups is 1. The van der Waals surface area contributed by atoms with Gasteiger partial charge in [0.1, 0.15) is 24.0 Å². The average molecular weight is 379 g/mol. The molecule has 28 heavy (non-hydrogen) atoms. The van der Waals surface area contributed by atoms with Crippen LogP contribution >= 0.6 is 0 Å². The van der Waals surface area contributed by atoms with E-state index < -0.39 is 17.7 Å². The highest BCUT2D eigenvalue weighted by molar-refractivity contribution is 6.00. The van der Waals surface area contributed by atoms with Crippen LogP contribution in [0.5, 0.6) is 5.75 Å². The maximum Gasteiger partial charge on any atom is 0.323 e. The number of carbonyl (C=O) groups excluding carboxylic acids is 1. The molecule has 0 aliphatic rings. The fourth-order valence-electron chi connectivity index (χ4n) is 2.47. The summed E-state index contributed by atoms with van der Waals surface area (Å²) in [7, 11) is 0. The molecule has 0 aliphatic heterocycles. The van der Waals surface area contributed by atoms with Crippen molar-refractivity contribution in [3.05, 3.63) is 89.5 Å². The van der Waals surface area contributed by atoms with Gasteiger partial charge < -0.3 is 15.4 Å². The van der Waals surface area contributed by atoms with Gasteiger partial charge in [0.05, 0.1) is 11.6 Å². The monoisotopic (exact) mass is 379 g/mol. The highest BCUT2D eigenvalue weighted by Gasteiger charge is 2.09. The molecule has 2 amide bonds. The molecule has 0 atom stereocenters. The average Bonchev–Trinajstić information content (AvgIpc) is 2.67. The summed E-state index contributed by atoms with van der Waals surface area (Å²) in [5.41, 5.74) is 1.72. The second kappa shape index (κ2) is 8.64. The minimum Gasteiger partial charge on any atom is -0.489 e. The van der Waals surface area contributed by atoms with Crippen LogP contribution in [0.15, 0.2) is 66.7 Å². The highest BCUT2D eigenvalue weighted by atomic mass is 19.1. The van der Waals surface area contributed by atoms with Crippen molar-refractivity contribution in [2.24, 2.45) is 0 Å². The number of nitriles is 1. The van der Waals surface area contributed by atoms with E-state index in [9.17, 15) is 13.6 Å². The normalized spacial score (nSPS) is 10.0. The molecule has 140 valence electrons. The Morgan fingerprint density at radius 2 is 1.64 bits per heavy atom. The second-order valence-corrected chi connectivity index (χ2v) is 5.82. The SMILES string of the molecule is N#Cc1ccc(OCc2ccccc2NC(=O)Nc2cc(F)cc(F)c2)cc1. The molecule has 0 saturated carbocycles. The van der Waals surface area contributed by atoms with Crippen molar-refractivity contribution in [3.8, 4) is 11.8 Å². The Morgan fingerprint density at radius 3 is 2.32 bits per heavy atom. The molecule has 3 aromatic carbocycles. The molecule has 0 heterocycles. The van der Waals surface area contributed by atoms with Gasteiger partial charge in [0, 0.05) is 23.0 Å². The zero-order chi connectivity index (χ0) is 19.9. The highest BCUT2D eigenvalue weighted by Crippen LogP contribution is 2.20. The number of rotatable bonds is 5. The smallest absolute Gasteiger partial charge is 0.323 e. The fourth-order valence-corrected chi connectivity index (χ4v) is 2.47. The fraction of sp³-hybridized carbons (Fsp3) is 0.0476. The van der Waals surface area contributed by atoms with Crippen LogP contribution in [0.4, 0.5) is 25.0 Å². The first-order chi connectivity index (χ1) is 13.5.